The number of hydrogen-bond acceptors (Lipinski definition) is 5. The lowest BCUT2D eigenvalue weighted by Crippen LogP contribution is -2.25. The van der Waals surface area contributed by atoms with E-state index in [1.165, 1.54) is 0 Å². The lowest BCUT2D eigenvalue weighted by Gasteiger charge is -2.23. The Kier molecular flexibility index (Phi) is 7.66. The van der Waals surface area contributed by atoms with Gasteiger partial charge in [0.2, 0.25) is 0 Å². The zero-order valence-corrected chi connectivity index (χ0v) is 15.7. The van der Waals surface area contributed by atoms with E-state index in [4.69, 9.17) is 19.5 Å². The van der Waals surface area contributed by atoms with Crippen LogP contribution in [0.4, 0.5) is 0 Å². The van der Waals surface area contributed by atoms with E-state index in [-0.39, 0.29) is 0 Å². The zero-order chi connectivity index (χ0) is 18.1. The maximum absolute atomic E-state index is 12.6. The molecule has 5 nitrogen and oxygen atoms in total. The van der Waals surface area contributed by atoms with Gasteiger partial charge in [-0.05, 0) is 43.5 Å². The van der Waals surface area contributed by atoms with Gasteiger partial charge in [-0.25, -0.2) is 0 Å². The molecule has 0 bridgehead atoms. The Bertz CT molecular complexity index is 666. The molecule has 6 heteroatoms. The van der Waals surface area contributed by atoms with Gasteiger partial charge < -0.3 is 19.5 Å². The van der Waals surface area contributed by atoms with Crippen molar-refractivity contribution in [2.24, 2.45) is 5.73 Å². The molecule has 0 aliphatic rings. The molecule has 1 atom stereocenters. The molecule has 0 amide bonds. The summed E-state index contributed by atoms with van der Waals surface area (Å²) in [6, 6.07) is 17.6. The molecule has 0 heterocycles. The second-order valence-electron chi connectivity index (χ2n) is 5.57. The van der Waals surface area contributed by atoms with Crippen LogP contribution >= 0.6 is 7.60 Å². The van der Waals surface area contributed by atoms with Crippen molar-refractivity contribution in [2.75, 3.05) is 13.2 Å². The van der Waals surface area contributed by atoms with Gasteiger partial charge in [0.15, 0.2) is 0 Å². The molecule has 2 N–H and O–H groups in total. The van der Waals surface area contributed by atoms with Crippen molar-refractivity contribution < 1.29 is 18.3 Å². The fraction of sp³-hybridized carbons (Fsp3) is 0.368. The van der Waals surface area contributed by atoms with E-state index in [0.29, 0.717) is 26.2 Å². The van der Waals surface area contributed by atoms with Gasteiger partial charge in [-0.2, -0.15) is 0 Å². The number of benzene rings is 2. The number of ether oxygens (including phenoxy) is 1. The fourth-order valence-corrected chi connectivity index (χ4v) is 4.02. The Hall–Kier alpha value is -1.65. The predicted octanol–water partition coefficient (Wildman–Crippen LogP) is 4.36. The minimum atomic E-state index is -3.29. The Labute approximate surface area is 149 Å². The minimum Gasteiger partial charge on any atom is -0.489 e. The highest BCUT2D eigenvalue weighted by molar-refractivity contribution is 7.54. The van der Waals surface area contributed by atoms with Gasteiger partial charge in [-0.1, -0.05) is 42.5 Å². The van der Waals surface area contributed by atoms with Crippen LogP contribution in [0.1, 0.15) is 25.0 Å². The maximum atomic E-state index is 12.6. The van der Waals surface area contributed by atoms with Crippen molar-refractivity contribution in [3.8, 4) is 5.75 Å². The van der Waals surface area contributed by atoms with Crippen LogP contribution < -0.4 is 10.5 Å². The highest BCUT2D eigenvalue weighted by atomic mass is 31.2. The average molecular weight is 363 g/mol. The van der Waals surface area contributed by atoms with Gasteiger partial charge in [-0.15, -0.1) is 0 Å². The third kappa shape index (κ3) is 5.98. The smallest absolute Gasteiger partial charge is 0.347 e. The standard InChI is InChI=1S/C19H26NO4P/c1-3-23-25(21,24-4-2)19(20)14-16-10-12-18(13-11-16)22-15-17-8-6-5-7-9-17/h5-13,19H,3-4,14-15,20H2,1-2H3. The van der Waals surface area contributed by atoms with E-state index < -0.39 is 13.4 Å². The van der Waals surface area contributed by atoms with Crippen molar-refractivity contribution in [1.82, 2.24) is 0 Å². The average Bonchev–Trinajstić information content (AvgIpc) is 2.62. The largest absolute Gasteiger partial charge is 0.489 e. The van der Waals surface area contributed by atoms with E-state index >= 15 is 0 Å². The van der Waals surface area contributed by atoms with Crippen LogP contribution in [-0.2, 0) is 26.6 Å². The predicted molar refractivity (Wildman–Crippen MR) is 99.8 cm³/mol. The molecule has 25 heavy (non-hydrogen) atoms. The Morgan fingerprint density at radius 2 is 1.52 bits per heavy atom. The maximum Gasteiger partial charge on any atom is 0.347 e. The van der Waals surface area contributed by atoms with Crippen molar-refractivity contribution in [3.63, 3.8) is 0 Å². The lowest BCUT2D eigenvalue weighted by molar-refractivity contribution is 0.212. The SMILES string of the molecule is CCOP(=O)(OCC)C(N)Cc1ccc(OCc2ccccc2)cc1. The first-order valence-corrected chi connectivity index (χ1v) is 10.1. The molecule has 0 radical (unpaired) electrons. The van der Waals surface area contributed by atoms with E-state index in [1.54, 1.807) is 13.8 Å². The monoisotopic (exact) mass is 363 g/mol. The molecule has 0 saturated carbocycles. The number of rotatable bonds is 10. The quantitative estimate of drug-likeness (QED) is 0.635. The summed E-state index contributed by atoms with van der Waals surface area (Å²) in [5.74, 6) is 0.0856. The summed E-state index contributed by atoms with van der Waals surface area (Å²) in [5, 5.41) is 0. The second kappa shape index (κ2) is 9.73. The van der Waals surface area contributed by atoms with Crippen LogP contribution in [0.2, 0.25) is 0 Å². The highest BCUT2D eigenvalue weighted by Crippen LogP contribution is 2.51. The summed E-state index contributed by atoms with van der Waals surface area (Å²) in [6.45, 7) is 4.67. The summed E-state index contributed by atoms with van der Waals surface area (Å²) >= 11 is 0. The molecule has 136 valence electrons. The Morgan fingerprint density at radius 3 is 2.08 bits per heavy atom. The molecule has 0 fully saturated rings. The van der Waals surface area contributed by atoms with Crippen LogP contribution in [0, 0.1) is 0 Å². The molecule has 1 unspecified atom stereocenters. The molecular weight excluding hydrogens is 337 g/mol. The minimum absolute atomic E-state index is 0.303. The third-order valence-electron chi connectivity index (χ3n) is 3.64. The van der Waals surface area contributed by atoms with Crippen molar-refractivity contribution in [3.05, 3.63) is 65.7 Å². The first kappa shape index (κ1) is 19.7. The normalized spacial score (nSPS) is 12.8. The zero-order valence-electron chi connectivity index (χ0n) is 14.8. The van der Waals surface area contributed by atoms with Gasteiger partial charge >= 0.3 is 7.60 Å². The molecule has 0 spiro atoms. The first-order chi connectivity index (χ1) is 12.1. The molecular formula is C19H26NO4P. The van der Waals surface area contributed by atoms with Gasteiger partial charge in [0.1, 0.15) is 18.1 Å². The van der Waals surface area contributed by atoms with Crippen LogP contribution in [0.3, 0.4) is 0 Å². The molecule has 2 aromatic carbocycles. The fourth-order valence-electron chi connectivity index (χ4n) is 2.40. The summed E-state index contributed by atoms with van der Waals surface area (Å²) < 4.78 is 29.0. The Balaban J connectivity index is 1.94. The van der Waals surface area contributed by atoms with Gasteiger partial charge in [-0.3, -0.25) is 4.57 Å². The van der Waals surface area contributed by atoms with E-state index in [0.717, 1.165) is 16.9 Å². The van der Waals surface area contributed by atoms with Gasteiger partial charge in [0, 0.05) is 0 Å². The number of nitrogens with two attached hydrogens (primary N) is 1. The Morgan fingerprint density at radius 1 is 0.920 bits per heavy atom. The summed E-state index contributed by atoms with van der Waals surface area (Å²) in [6.07, 6.45) is 0.413. The van der Waals surface area contributed by atoms with Gasteiger partial charge in [0.05, 0.1) is 13.2 Å². The van der Waals surface area contributed by atoms with Crippen molar-refractivity contribution >= 4 is 7.60 Å². The topological polar surface area (TPSA) is 70.8 Å². The van der Waals surface area contributed by atoms with Crippen LogP contribution in [0.25, 0.3) is 0 Å². The van der Waals surface area contributed by atoms with Gasteiger partial charge in [0.25, 0.3) is 0 Å². The van der Waals surface area contributed by atoms with Crippen LogP contribution in [0.5, 0.6) is 5.75 Å². The summed E-state index contributed by atoms with van der Waals surface area (Å²) in [5.41, 5.74) is 8.16. The summed E-state index contributed by atoms with van der Waals surface area (Å²) in [7, 11) is -3.29. The van der Waals surface area contributed by atoms with E-state index in [1.807, 2.05) is 54.6 Å². The van der Waals surface area contributed by atoms with Crippen LogP contribution in [0.15, 0.2) is 54.6 Å². The third-order valence-corrected chi connectivity index (χ3v) is 5.87. The first-order valence-electron chi connectivity index (χ1n) is 8.47. The molecule has 0 aliphatic carbocycles. The van der Waals surface area contributed by atoms with E-state index in [9.17, 15) is 4.57 Å². The van der Waals surface area contributed by atoms with Crippen molar-refractivity contribution in [2.45, 2.75) is 32.7 Å². The number of hydrogen-bond donors (Lipinski definition) is 1. The molecule has 0 aliphatic heterocycles. The van der Waals surface area contributed by atoms with Crippen molar-refractivity contribution in [1.29, 1.82) is 0 Å². The summed E-state index contributed by atoms with van der Waals surface area (Å²) in [4.78, 5) is 0. The lowest BCUT2D eigenvalue weighted by atomic mass is 10.1. The molecule has 0 saturated heterocycles. The second-order valence-corrected chi connectivity index (χ2v) is 7.82. The van der Waals surface area contributed by atoms with E-state index in [2.05, 4.69) is 0 Å². The highest BCUT2D eigenvalue weighted by Gasteiger charge is 2.32. The molecule has 2 rings (SSSR count). The molecule has 0 aromatic heterocycles. The molecule has 2 aromatic rings. The van der Waals surface area contributed by atoms with Crippen LogP contribution in [-0.4, -0.2) is 19.0 Å².